The van der Waals surface area contributed by atoms with Gasteiger partial charge >= 0.3 is 5.97 Å². The number of hydrogen-bond acceptors (Lipinski definition) is 5. The maximum atomic E-state index is 13.2. The monoisotopic (exact) mass is 392 g/mol. The molecular weight excluding hydrogens is 364 g/mol. The molecule has 0 radical (unpaired) electrons. The lowest BCUT2D eigenvalue weighted by Crippen LogP contribution is -2.17. The second-order valence-electron chi connectivity index (χ2n) is 7.75. The van der Waals surface area contributed by atoms with Gasteiger partial charge in [-0.1, -0.05) is 19.3 Å². The van der Waals surface area contributed by atoms with Crippen molar-refractivity contribution >= 4 is 17.0 Å². The SMILES string of the molecule is CCOC(=O)c1c(C2CCCCC2)nc2c(cnn2CC)c1-c1cncc(C)c1. The van der Waals surface area contributed by atoms with Gasteiger partial charge in [-0.15, -0.1) is 0 Å². The molecule has 3 aromatic rings. The fraction of sp³-hybridized carbons (Fsp3) is 0.478. The van der Waals surface area contributed by atoms with Gasteiger partial charge in [-0.2, -0.15) is 5.10 Å². The first-order valence-electron chi connectivity index (χ1n) is 10.6. The minimum Gasteiger partial charge on any atom is -0.462 e. The predicted molar refractivity (Wildman–Crippen MR) is 113 cm³/mol. The second kappa shape index (κ2) is 8.31. The Bertz CT molecular complexity index is 1030. The van der Waals surface area contributed by atoms with E-state index < -0.39 is 0 Å². The van der Waals surface area contributed by atoms with E-state index in [2.05, 4.69) is 23.1 Å². The Hall–Kier alpha value is -2.76. The molecule has 1 fully saturated rings. The summed E-state index contributed by atoms with van der Waals surface area (Å²) in [6, 6.07) is 2.07. The minimum absolute atomic E-state index is 0.268. The lowest BCUT2D eigenvalue weighted by molar-refractivity contribution is 0.0524. The van der Waals surface area contributed by atoms with E-state index in [1.165, 1.54) is 19.3 Å². The Kier molecular flexibility index (Phi) is 5.60. The van der Waals surface area contributed by atoms with E-state index in [0.717, 1.165) is 52.8 Å². The van der Waals surface area contributed by atoms with Crippen LogP contribution in [0.1, 0.15) is 73.5 Å². The molecular formula is C23H28N4O2. The Balaban J connectivity index is 2.06. The predicted octanol–water partition coefficient (Wildman–Crippen LogP) is 5.05. The highest BCUT2D eigenvalue weighted by molar-refractivity contribution is 6.07. The summed E-state index contributed by atoms with van der Waals surface area (Å²) in [6.45, 7) is 6.97. The van der Waals surface area contributed by atoms with Crippen LogP contribution < -0.4 is 0 Å². The van der Waals surface area contributed by atoms with Crippen molar-refractivity contribution in [3.63, 3.8) is 0 Å². The summed E-state index contributed by atoms with van der Waals surface area (Å²) in [7, 11) is 0. The molecule has 0 amide bonds. The molecule has 0 aliphatic heterocycles. The van der Waals surface area contributed by atoms with E-state index in [1.807, 2.05) is 37.1 Å². The standard InChI is InChI=1S/C23H28N4O2/c1-4-27-22-18(14-25-27)19(17-11-15(3)12-24-13-17)20(23(28)29-5-2)21(26-22)16-9-7-6-8-10-16/h11-14,16H,4-10H2,1-3H3. The summed E-state index contributed by atoms with van der Waals surface area (Å²) in [5.74, 6) is -0.0347. The average Bonchev–Trinajstić information content (AvgIpc) is 3.16. The number of hydrogen-bond donors (Lipinski definition) is 0. The molecule has 1 aliphatic carbocycles. The first kappa shape index (κ1) is 19.6. The van der Waals surface area contributed by atoms with Crippen LogP contribution in [0.4, 0.5) is 0 Å². The van der Waals surface area contributed by atoms with E-state index in [9.17, 15) is 4.79 Å². The average molecular weight is 393 g/mol. The summed E-state index contributed by atoms with van der Waals surface area (Å²) in [5.41, 5.74) is 5.09. The number of aromatic nitrogens is 4. The summed E-state index contributed by atoms with van der Waals surface area (Å²) in [4.78, 5) is 22.6. The molecule has 0 bridgehead atoms. The van der Waals surface area contributed by atoms with Crippen molar-refractivity contribution in [2.75, 3.05) is 6.61 Å². The molecule has 3 aromatic heterocycles. The Labute approximate surface area is 171 Å². The van der Waals surface area contributed by atoms with Crippen molar-refractivity contribution < 1.29 is 9.53 Å². The first-order chi connectivity index (χ1) is 14.1. The second-order valence-corrected chi connectivity index (χ2v) is 7.75. The Morgan fingerprint density at radius 3 is 2.66 bits per heavy atom. The van der Waals surface area contributed by atoms with E-state index in [4.69, 9.17) is 9.72 Å². The molecule has 0 spiro atoms. The van der Waals surface area contributed by atoms with Gasteiger partial charge in [0.05, 0.1) is 24.1 Å². The van der Waals surface area contributed by atoms with Crippen molar-refractivity contribution in [2.24, 2.45) is 0 Å². The van der Waals surface area contributed by atoms with Gasteiger partial charge in [-0.3, -0.25) is 4.98 Å². The number of nitrogens with zero attached hydrogens (tertiary/aromatic N) is 4. The number of rotatable bonds is 5. The van der Waals surface area contributed by atoms with Crippen LogP contribution in [0.5, 0.6) is 0 Å². The van der Waals surface area contributed by atoms with Crippen molar-refractivity contribution in [1.82, 2.24) is 19.7 Å². The third kappa shape index (κ3) is 3.63. The van der Waals surface area contributed by atoms with Crippen molar-refractivity contribution in [2.45, 2.75) is 65.3 Å². The van der Waals surface area contributed by atoms with Gasteiger partial charge in [0.25, 0.3) is 0 Å². The van der Waals surface area contributed by atoms with Crippen LogP contribution in [0.15, 0.2) is 24.7 Å². The molecule has 6 heteroatoms. The van der Waals surface area contributed by atoms with Gasteiger partial charge in [0.15, 0.2) is 5.65 Å². The normalized spacial score (nSPS) is 15.0. The third-order valence-electron chi connectivity index (χ3n) is 5.75. The van der Waals surface area contributed by atoms with Crippen LogP contribution in [0.2, 0.25) is 0 Å². The van der Waals surface area contributed by atoms with Gasteiger partial charge in [0.1, 0.15) is 0 Å². The van der Waals surface area contributed by atoms with Crippen LogP contribution in [0.25, 0.3) is 22.2 Å². The summed E-state index contributed by atoms with van der Waals surface area (Å²) >= 11 is 0. The quantitative estimate of drug-likeness (QED) is 0.569. The highest BCUT2D eigenvalue weighted by atomic mass is 16.5. The topological polar surface area (TPSA) is 69.9 Å². The first-order valence-corrected chi connectivity index (χ1v) is 10.6. The van der Waals surface area contributed by atoms with E-state index in [-0.39, 0.29) is 11.9 Å². The van der Waals surface area contributed by atoms with Crippen LogP contribution in [-0.2, 0) is 11.3 Å². The smallest absolute Gasteiger partial charge is 0.340 e. The van der Waals surface area contributed by atoms with Gasteiger partial charge in [0.2, 0.25) is 0 Å². The van der Waals surface area contributed by atoms with Gasteiger partial charge < -0.3 is 4.74 Å². The van der Waals surface area contributed by atoms with Crippen LogP contribution in [0.3, 0.4) is 0 Å². The molecule has 29 heavy (non-hydrogen) atoms. The minimum atomic E-state index is -0.303. The Morgan fingerprint density at radius 1 is 1.17 bits per heavy atom. The van der Waals surface area contributed by atoms with Crippen molar-refractivity contribution in [3.05, 3.63) is 41.5 Å². The molecule has 0 saturated heterocycles. The highest BCUT2D eigenvalue weighted by Gasteiger charge is 2.30. The Morgan fingerprint density at radius 2 is 1.97 bits per heavy atom. The number of carbonyl (C=O) groups excluding carboxylic acids is 1. The molecule has 3 heterocycles. The summed E-state index contributed by atoms with van der Waals surface area (Å²) in [5, 5.41) is 5.41. The largest absolute Gasteiger partial charge is 0.462 e. The fourth-order valence-corrected chi connectivity index (χ4v) is 4.41. The van der Waals surface area contributed by atoms with Gasteiger partial charge in [-0.25, -0.2) is 14.5 Å². The summed E-state index contributed by atoms with van der Waals surface area (Å²) in [6.07, 6.45) is 11.1. The number of fused-ring (bicyclic) bond motifs is 1. The van der Waals surface area contributed by atoms with Crippen LogP contribution in [0, 0.1) is 6.92 Å². The van der Waals surface area contributed by atoms with E-state index >= 15 is 0 Å². The third-order valence-corrected chi connectivity index (χ3v) is 5.75. The molecule has 1 aliphatic rings. The lowest BCUT2D eigenvalue weighted by atomic mass is 9.83. The van der Waals surface area contributed by atoms with E-state index in [1.54, 1.807) is 0 Å². The molecule has 4 rings (SSSR count). The van der Waals surface area contributed by atoms with Crippen molar-refractivity contribution in [3.8, 4) is 11.1 Å². The van der Waals surface area contributed by atoms with Gasteiger partial charge in [0, 0.05) is 41.4 Å². The highest BCUT2D eigenvalue weighted by Crippen LogP contribution is 2.40. The van der Waals surface area contributed by atoms with E-state index in [0.29, 0.717) is 12.2 Å². The zero-order valence-corrected chi connectivity index (χ0v) is 17.4. The number of ether oxygens (including phenoxy) is 1. The molecule has 6 nitrogen and oxygen atoms in total. The zero-order valence-electron chi connectivity index (χ0n) is 17.4. The molecule has 0 aromatic carbocycles. The maximum Gasteiger partial charge on any atom is 0.340 e. The molecule has 0 unspecified atom stereocenters. The number of aryl methyl sites for hydroxylation is 2. The van der Waals surface area contributed by atoms with Crippen LogP contribution in [-0.4, -0.2) is 32.3 Å². The lowest BCUT2D eigenvalue weighted by Gasteiger charge is -2.24. The molecule has 152 valence electrons. The van der Waals surface area contributed by atoms with Crippen molar-refractivity contribution in [1.29, 1.82) is 0 Å². The maximum absolute atomic E-state index is 13.2. The fourth-order valence-electron chi connectivity index (χ4n) is 4.41. The molecule has 1 saturated carbocycles. The number of pyridine rings is 2. The number of esters is 1. The van der Waals surface area contributed by atoms with Crippen LogP contribution >= 0.6 is 0 Å². The molecule has 0 N–H and O–H groups in total. The zero-order chi connectivity index (χ0) is 20.4. The summed E-state index contributed by atoms with van der Waals surface area (Å²) < 4.78 is 7.41. The molecule has 0 atom stereocenters. The van der Waals surface area contributed by atoms with Gasteiger partial charge in [-0.05, 0) is 45.2 Å². The number of carbonyl (C=O) groups is 1.